The molecule has 236 valence electrons. The van der Waals surface area contributed by atoms with Gasteiger partial charge in [0.25, 0.3) is 0 Å². The summed E-state index contributed by atoms with van der Waals surface area (Å²) in [5.74, 6) is 0.721. The van der Waals surface area contributed by atoms with Gasteiger partial charge in [-0.05, 0) is 92.7 Å². The van der Waals surface area contributed by atoms with Gasteiger partial charge in [0.15, 0.2) is 0 Å². The molecule has 3 aromatic carbocycles. The molecule has 45 heavy (non-hydrogen) atoms. The van der Waals surface area contributed by atoms with E-state index in [1.165, 1.54) is 23.3 Å². The first-order valence-electron chi connectivity index (χ1n) is 14.4. The lowest BCUT2D eigenvalue weighted by molar-refractivity contribution is -0.274. The van der Waals surface area contributed by atoms with Crippen LogP contribution in [0.3, 0.4) is 0 Å². The smallest absolute Gasteiger partial charge is 0.406 e. The van der Waals surface area contributed by atoms with Gasteiger partial charge >= 0.3 is 12.4 Å². The van der Waals surface area contributed by atoms with E-state index in [0.29, 0.717) is 23.1 Å². The predicted molar refractivity (Wildman–Crippen MR) is 169 cm³/mol. The molecule has 10 nitrogen and oxygen atoms in total. The average Bonchev–Trinajstić information content (AvgIpc) is 2.99. The normalized spacial score (nSPS) is 14.1. The fourth-order valence-electron chi connectivity index (χ4n) is 4.73. The Labute approximate surface area is 259 Å². The van der Waals surface area contributed by atoms with E-state index in [1.54, 1.807) is 30.5 Å². The van der Waals surface area contributed by atoms with E-state index in [-0.39, 0.29) is 5.75 Å². The molecular weight excluding hydrogens is 585 g/mol. The number of ether oxygens (including phenoxy) is 1. The number of nitrogens with zero attached hydrogens (tertiary/aromatic N) is 4. The van der Waals surface area contributed by atoms with E-state index in [2.05, 4.69) is 71.9 Å². The second-order valence-corrected chi connectivity index (χ2v) is 10.9. The first-order valence-corrected chi connectivity index (χ1v) is 14.4. The maximum atomic E-state index is 12.4. The lowest BCUT2D eigenvalue weighted by Crippen LogP contribution is -2.43. The van der Waals surface area contributed by atoms with Gasteiger partial charge in [0.1, 0.15) is 11.6 Å². The van der Waals surface area contributed by atoms with Gasteiger partial charge in [-0.2, -0.15) is 4.98 Å². The number of halogens is 3. The number of nitrogens with one attached hydrogen (secondary N) is 4. The molecule has 0 saturated carbocycles. The van der Waals surface area contributed by atoms with Crippen LogP contribution in [0.2, 0.25) is 0 Å². The maximum Gasteiger partial charge on any atom is 0.573 e. The van der Waals surface area contributed by atoms with Crippen LogP contribution in [0.25, 0.3) is 0 Å². The third-order valence-corrected chi connectivity index (χ3v) is 7.32. The zero-order valence-electron chi connectivity index (χ0n) is 25.2. The van der Waals surface area contributed by atoms with Crippen LogP contribution < -0.4 is 26.0 Å². The fraction of sp³-hybridized carbons (Fsp3) is 0.281. The Morgan fingerprint density at radius 1 is 0.822 bits per heavy atom. The van der Waals surface area contributed by atoms with Crippen molar-refractivity contribution in [3.63, 3.8) is 0 Å². The molecule has 1 aliphatic heterocycles. The van der Waals surface area contributed by atoms with E-state index in [1.807, 2.05) is 13.0 Å². The van der Waals surface area contributed by atoms with Crippen molar-refractivity contribution in [1.82, 2.24) is 19.8 Å². The number of aromatic nitrogens is 2. The van der Waals surface area contributed by atoms with Crippen LogP contribution in [0.5, 0.6) is 5.75 Å². The quantitative estimate of drug-likeness (QED) is 0.161. The number of urea groups is 1. The molecule has 1 fully saturated rings. The predicted octanol–water partition coefficient (Wildman–Crippen LogP) is 6.87. The van der Waals surface area contributed by atoms with Crippen molar-refractivity contribution in [2.75, 3.05) is 54.5 Å². The highest BCUT2D eigenvalue weighted by molar-refractivity contribution is 5.99. The number of benzene rings is 3. The highest BCUT2D eigenvalue weighted by Crippen LogP contribution is 2.26. The van der Waals surface area contributed by atoms with Crippen molar-refractivity contribution >= 4 is 40.5 Å². The number of likely N-dealkylation sites (N-methyl/N-ethyl adjacent to an activating group) is 1. The van der Waals surface area contributed by atoms with E-state index in [4.69, 9.17) is 0 Å². The summed E-state index contributed by atoms with van der Waals surface area (Å²) in [5, 5.41) is 11.9. The van der Waals surface area contributed by atoms with E-state index in [0.717, 1.165) is 61.8 Å². The van der Waals surface area contributed by atoms with Crippen LogP contribution in [0, 0.1) is 13.8 Å². The molecule has 0 radical (unpaired) electrons. The van der Waals surface area contributed by atoms with Gasteiger partial charge < -0.3 is 30.9 Å². The number of carbonyl (C=O) groups is 1. The number of carbonyl (C=O) groups excluding carboxylic acids is 1. The van der Waals surface area contributed by atoms with Gasteiger partial charge in [0.05, 0.1) is 0 Å². The third kappa shape index (κ3) is 9.30. The Kier molecular flexibility index (Phi) is 9.69. The Morgan fingerprint density at radius 3 is 2.07 bits per heavy atom. The van der Waals surface area contributed by atoms with Crippen molar-refractivity contribution in [1.29, 1.82) is 0 Å². The van der Waals surface area contributed by atoms with Gasteiger partial charge in [0, 0.05) is 67.2 Å². The molecule has 1 aliphatic rings. The Bertz CT molecular complexity index is 1610. The van der Waals surface area contributed by atoms with Crippen molar-refractivity contribution in [3.05, 3.63) is 89.6 Å². The van der Waals surface area contributed by atoms with Crippen LogP contribution in [0.15, 0.2) is 72.9 Å². The molecule has 1 aromatic heterocycles. The number of amides is 2. The highest BCUT2D eigenvalue weighted by Gasteiger charge is 2.31. The zero-order chi connectivity index (χ0) is 32.0. The monoisotopic (exact) mass is 620 g/mol. The standard InChI is InChI=1S/C32H35F3N8O2/c1-21-4-5-27(18-23(21)20-43-16-14-42(3)15-17-43)38-30-36-19-22(2)29(41-30)37-24-6-8-25(9-7-24)39-31(44)40-26-10-12-28(13-11-26)45-32(33,34)35/h4-13,18-19H,14-17,20H2,1-3H3,(H2,39,40,44)(H2,36,37,38,41). The SMILES string of the molecule is Cc1ccc(Nc2ncc(C)c(Nc3ccc(NC(=O)Nc4ccc(OC(F)(F)F)cc4)cc3)n2)cc1CN1CCN(C)CC1. The lowest BCUT2D eigenvalue weighted by Gasteiger charge is -2.32. The van der Waals surface area contributed by atoms with Crippen LogP contribution in [-0.2, 0) is 6.54 Å². The molecule has 2 heterocycles. The second kappa shape index (κ2) is 13.8. The maximum absolute atomic E-state index is 12.4. The summed E-state index contributed by atoms with van der Waals surface area (Å²) < 4.78 is 40.9. The van der Waals surface area contributed by atoms with E-state index >= 15 is 0 Å². The average molecular weight is 621 g/mol. The molecule has 0 bridgehead atoms. The van der Waals surface area contributed by atoms with Gasteiger partial charge in [0.2, 0.25) is 5.95 Å². The highest BCUT2D eigenvalue weighted by atomic mass is 19.4. The third-order valence-electron chi connectivity index (χ3n) is 7.32. The van der Waals surface area contributed by atoms with Gasteiger partial charge in [-0.15, -0.1) is 13.2 Å². The van der Waals surface area contributed by atoms with Crippen LogP contribution in [0.4, 0.5) is 52.5 Å². The number of anilines is 6. The summed E-state index contributed by atoms with van der Waals surface area (Å²) in [7, 11) is 2.16. The van der Waals surface area contributed by atoms with Crippen LogP contribution in [0.1, 0.15) is 16.7 Å². The van der Waals surface area contributed by atoms with Gasteiger partial charge in [-0.3, -0.25) is 4.90 Å². The minimum Gasteiger partial charge on any atom is -0.406 e. The Morgan fingerprint density at radius 2 is 1.42 bits per heavy atom. The van der Waals surface area contributed by atoms with Gasteiger partial charge in [-0.1, -0.05) is 6.07 Å². The lowest BCUT2D eigenvalue weighted by atomic mass is 10.1. The largest absolute Gasteiger partial charge is 0.573 e. The summed E-state index contributed by atoms with van der Waals surface area (Å²) >= 11 is 0. The minimum atomic E-state index is -4.78. The molecular formula is C32H35F3N8O2. The molecule has 2 amide bonds. The molecule has 4 N–H and O–H groups in total. The van der Waals surface area contributed by atoms with E-state index < -0.39 is 12.4 Å². The molecule has 0 aliphatic carbocycles. The zero-order valence-corrected chi connectivity index (χ0v) is 25.2. The molecule has 5 rings (SSSR count). The minimum absolute atomic E-state index is 0.306. The second-order valence-electron chi connectivity index (χ2n) is 10.9. The Balaban J connectivity index is 1.17. The van der Waals surface area contributed by atoms with Crippen molar-refractivity contribution in [2.45, 2.75) is 26.8 Å². The molecule has 0 unspecified atom stereocenters. The van der Waals surface area contributed by atoms with Crippen LogP contribution >= 0.6 is 0 Å². The van der Waals surface area contributed by atoms with Crippen LogP contribution in [-0.4, -0.2) is 65.4 Å². The summed E-state index contributed by atoms with van der Waals surface area (Å²) in [5.41, 5.74) is 5.86. The van der Waals surface area contributed by atoms with Gasteiger partial charge in [-0.25, -0.2) is 9.78 Å². The number of piperazine rings is 1. The number of alkyl halides is 3. The number of hydrogen-bond donors (Lipinski definition) is 4. The van der Waals surface area contributed by atoms with Crippen molar-refractivity contribution in [2.24, 2.45) is 0 Å². The first-order chi connectivity index (χ1) is 21.5. The van der Waals surface area contributed by atoms with Crippen molar-refractivity contribution < 1.29 is 22.7 Å². The molecule has 4 aromatic rings. The number of hydrogen-bond acceptors (Lipinski definition) is 8. The van der Waals surface area contributed by atoms with Crippen molar-refractivity contribution in [3.8, 4) is 5.75 Å². The first kappa shape index (κ1) is 31.5. The summed E-state index contributed by atoms with van der Waals surface area (Å²) in [4.78, 5) is 26.3. The Hall–Kier alpha value is -4.88. The molecule has 0 atom stereocenters. The summed E-state index contributed by atoms with van der Waals surface area (Å²) in [6.07, 6.45) is -3.03. The summed E-state index contributed by atoms with van der Waals surface area (Å²) in [6, 6.07) is 17.6. The number of aryl methyl sites for hydroxylation is 2. The molecule has 0 spiro atoms. The van der Waals surface area contributed by atoms with E-state index in [9.17, 15) is 18.0 Å². The topological polar surface area (TPSA) is 107 Å². The molecule has 1 saturated heterocycles. The number of rotatable bonds is 9. The molecule has 13 heteroatoms. The fourth-order valence-corrected chi connectivity index (χ4v) is 4.73. The summed E-state index contributed by atoms with van der Waals surface area (Å²) in [6.45, 7) is 9.19.